The summed E-state index contributed by atoms with van der Waals surface area (Å²) in [6.45, 7) is 0.267. The molecule has 0 spiro atoms. The first-order valence-electron chi connectivity index (χ1n) is 11.1. The number of carbonyl (C=O) groups is 2. The Morgan fingerprint density at radius 1 is 0.857 bits per heavy atom. The van der Waals surface area contributed by atoms with Crippen molar-refractivity contribution >= 4 is 40.3 Å². The van der Waals surface area contributed by atoms with Gasteiger partial charge >= 0.3 is 5.97 Å². The number of ether oxygens (including phenoxy) is 1. The van der Waals surface area contributed by atoms with Gasteiger partial charge in [-0.05, 0) is 41.5 Å². The molecule has 1 aromatic heterocycles. The number of pyridine rings is 1. The average molecular weight is 481 g/mol. The van der Waals surface area contributed by atoms with E-state index >= 15 is 0 Å². The molecule has 0 saturated carbocycles. The Morgan fingerprint density at radius 3 is 2.20 bits per heavy atom. The maximum absolute atomic E-state index is 14.0. The highest BCUT2D eigenvalue weighted by atomic mass is 35.5. The number of fused-ring (bicyclic) bond motifs is 1. The molecule has 0 unspecified atom stereocenters. The van der Waals surface area contributed by atoms with Crippen LogP contribution in [0.2, 0.25) is 5.02 Å². The first-order chi connectivity index (χ1) is 17.1. The minimum Gasteiger partial charge on any atom is -0.465 e. The van der Waals surface area contributed by atoms with E-state index in [1.807, 2.05) is 78.9 Å². The van der Waals surface area contributed by atoms with Crippen LogP contribution in [0.4, 0.5) is 5.69 Å². The lowest BCUT2D eigenvalue weighted by Crippen LogP contribution is -2.26. The van der Waals surface area contributed by atoms with Gasteiger partial charge in [-0.3, -0.25) is 9.78 Å². The first kappa shape index (κ1) is 22.6. The molecule has 0 atom stereocenters. The summed E-state index contributed by atoms with van der Waals surface area (Å²) in [5.41, 5.74) is 6.01. The molecule has 35 heavy (non-hydrogen) atoms. The van der Waals surface area contributed by atoms with Crippen molar-refractivity contribution in [3.63, 3.8) is 0 Å². The second-order valence-electron chi connectivity index (χ2n) is 8.06. The fraction of sp³-hybridized carbons (Fsp3) is 0.0690. The molecule has 0 aliphatic carbocycles. The third-order valence-corrected chi connectivity index (χ3v) is 6.19. The average Bonchev–Trinajstić information content (AvgIpc) is 3.17. The van der Waals surface area contributed by atoms with E-state index in [1.165, 1.54) is 13.3 Å². The van der Waals surface area contributed by atoms with Gasteiger partial charge < -0.3 is 9.64 Å². The zero-order valence-corrected chi connectivity index (χ0v) is 19.7. The summed E-state index contributed by atoms with van der Waals surface area (Å²) in [6.07, 6.45) is 1.47. The van der Waals surface area contributed by atoms with E-state index in [1.54, 1.807) is 17.0 Å². The summed E-state index contributed by atoms with van der Waals surface area (Å²) in [5.74, 6) is -0.564. The van der Waals surface area contributed by atoms with E-state index in [0.717, 1.165) is 28.0 Å². The van der Waals surface area contributed by atoms with Gasteiger partial charge in [0.15, 0.2) is 0 Å². The molecule has 6 heteroatoms. The summed E-state index contributed by atoms with van der Waals surface area (Å²) >= 11 is 6.16. The number of hydrogen-bond acceptors (Lipinski definition) is 4. The third-order valence-electron chi connectivity index (χ3n) is 5.93. The molecule has 0 bridgehead atoms. The lowest BCUT2D eigenvalue weighted by atomic mass is 9.90. The lowest BCUT2D eigenvalue weighted by molar-refractivity contribution is -0.113. The standard InChI is InChI=1S/C29H21ClN2O3/c1-35-29(34)21-13-16-23(31-17-21)18-32-25-10-6-5-9-24(25)27(28(32)33)26(19-7-3-2-4-8-19)20-11-14-22(30)15-12-20/h2-17H,18H2,1H3. The van der Waals surface area contributed by atoms with Crippen molar-refractivity contribution in [2.45, 2.75) is 6.54 Å². The van der Waals surface area contributed by atoms with E-state index in [9.17, 15) is 9.59 Å². The van der Waals surface area contributed by atoms with E-state index in [-0.39, 0.29) is 12.5 Å². The molecule has 3 aromatic carbocycles. The molecule has 0 fully saturated rings. The van der Waals surface area contributed by atoms with Crippen molar-refractivity contribution in [2.24, 2.45) is 0 Å². The van der Waals surface area contributed by atoms with Gasteiger partial charge in [-0.1, -0.05) is 72.3 Å². The second kappa shape index (κ2) is 9.57. The number of halogens is 1. The third kappa shape index (κ3) is 4.34. The quantitative estimate of drug-likeness (QED) is 0.258. The van der Waals surface area contributed by atoms with Gasteiger partial charge in [0, 0.05) is 22.4 Å². The van der Waals surface area contributed by atoms with Gasteiger partial charge in [-0.25, -0.2) is 4.79 Å². The van der Waals surface area contributed by atoms with Crippen LogP contribution in [0.1, 0.15) is 32.7 Å². The number of nitrogens with zero attached hydrogens (tertiary/aromatic N) is 2. The van der Waals surface area contributed by atoms with Crippen LogP contribution < -0.4 is 4.90 Å². The summed E-state index contributed by atoms with van der Waals surface area (Å²) in [6, 6.07) is 28.6. The first-order valence-corrected chi connectivity index (χ1v) is 11.4. The number of aromatic nitrogens is 1. The van der Waals surface area contributed by atoms with Crippen LogP contribution in [0.15, 0.2) is 97.2 Å². The minimum atomic E-state index is -0.452. The number of esters is 1. The maximum Gasteiger partial charge on any atom is 0.339 e. The summed E-state index contributed by atoms with van der Waals surface area (Å²) in [7, 11) is 1.33. The minimum absolute atomic E-state index is 0.112. The summed E-state index contributed by atoms with van der Waals surface area (Å²) in [5, 5.41) is 0.632. The van der Waals surface area contributed by atoms with Crippen molar-refractivity contribution in [1.82, 2.24) is 4.98 Å². The zero-order valence-electron chi connectivity index (χ0n) is 18.9. The Bertz CT molecular complexity index is 1430. The molecule has 4 aromatic rings. The van der Waals surface area contributed by atoms with Crippen molar-refractivity contribution in [1.29, 1.82) is 0 Å². The number of anilines is 1. The normalized spacial score (nSPS) is 14.0. The Labute approximate surface area is 208 Å². The lowest BCUT2D eigenvalue weighted by Gasteiger charge is -2.17. The maximum atomic E-state index is 14.0. The van der Waals surface area contributed by atoms with Crippen molar-refractivity contribution < 1.29 is 14.3 Å². The van der Waals surface area contributed by atoms with Crippen LogP contribution in [0, 0.1) is 0 Å². The van der Waals surface area contributed by atoms with Crippen LogP contribution in [0.3, 0.4) is 0 Å². The predicted octanol–water partition coefficient (Wildman–Crippen LogP) is 6.03. The fourth-order valence-electron chi connectivity index (χ4n) is 4.27. The van der Waals surface area contributed by atoms with E-state index < -0.39 is 5.97 Å². The van der Waals surface area contributed by atoms with Gasteiger partial charge in [0.1, 0.15) is 0 Å². The molecule has 0 radical (unpaired) electrons. The highest BCUT2D eigenvalue weighted by Gasteiger charge is 2.35. The number of amides is 1. The van der Waals surface area contributed by atoms with E-state index in [2.05, 4.69) is 4.98 Å². The van der Waals surface area contributed by atoms with Crippen LogP contribution in [0.25, 0.3) is 11.1 Å². The van der Waals surface area contributed by atoms with Crippen LogP contribution in [-0.2, 0) is 16.1 Å². The van der Waals surface area contributed by atoms with E-state index in [0.29, 0.717) is 21.9 Å². The second-order valence-corrected chi connectivity index (χ2v) is 8.50. The fourth-order valence-corrected chi connectivity index (χ4v) is 4.40. The molecule has 5 nitrogen and oxygen atoms in total. The molecular weight excluding hydrogens is 460 g/mol. The smallest absolute Gasteiger partial charge is 0.339 e. The SMILES string of the molecule is COC(=O)c1ccc(CN2C(=O)C(=C(c3ccccc3)c3ccc(Cl)cc3)c3ccccc32)nc1. The predicted molar refractivity (Wildman–Crippen MR) is 137 cm³/mol. The Kier molecular flexibility index (Phi) is 6.17. The molecule has 1 aliphatic rings. The molecular formula is C29H21ClN2O3. The van der Waals surface area contributed by atoms with Crippen LogP contribution in [-0.4, -0.2) is 24.0 Å². The van der Waals surface area contributed by atoms with Gasteiger partial charge in [0.25, 0.3) is 5.91 Å². The molecule has 5 rings (SSSR count). The number of carbonyl (C=O) groups excluding carboxylic acids is 2. The monoisotopic (exact) mass is 480 g/mol. The zero-order chi connectivity index (χ0) is 24.4. The molecule has 172 valence electrons. The summed E-state index contributed by atoms with van der Waals surface area (Å²) in [4.78, 5) is 31.9. The van der Waals surface area contributed by atoms with E-state index in [4.69, 9.17) is 16.3 Å². The number of methoxy groups -OCH3 is 1. The van der Waals surface area contributed by atoms with Crippen molar-refractivity contribution in [3.8, 4) is 0 Å². The number of para-hydroxylation sites is 1. The van der Waals surface area contributed by atoms with Crippen LogP contribution >= 0.6 is 11.6 Å². The highest BCUT2D eigenvalue weighted by molar-refractivity contribution is 6.39. The Morgan fingerprint density at radius 2 is 1.51 bits per heavy atom. The molecule has 1 aliphatic heterocycles. The molecule has 0 saturated heterocycles. The summed E-state index contributed by atoms with van der Waals surface area (Å²) < 4.78 is 4.75. The number of hydrogen-bond donors (Lipinski definition) is 0. The van der Waals surface area contributed by atoms with Crippen LogP contribution in [0.5, 0.6) is 0 Å². The number of rotatable bonds is 5. The van der Waals surface area contributed by atoms with Gasteiger partial charge in [-0.2, -0.15) is 0 Å². The highest BCUT2D eigenvalue weighted by Crippen LogP contribution is 2.43. The molecule has 2 heterocycles. The molecule has 1 amide bonds. The Hall–Kier alpha value is -4.22. The van der Waals surface area contributed by atoms with Gasteiger partial charge in [0.2, 0.25) is 0 Å². The topological polar surface area (TPSA) is 59.5 Å². The molecule has 0 N–H and O–H groups in total. The van der Waals surface area contributed by atoms with Crippen molar-refractivity contribution in [3.05, 3.63) is 130 Å². The van der Waals surface area contributed by atoms with Gasteiger partial charge in [0.05, 0.1) is 36.2 Å². The van der Waals surface area contributed by atoms with Gasteiger partial charge in [-0.15, -0.1) is 0 Å². The Balaban J connectivity index is 1.63. The largest absolute Gasteiger partial charge is 0.465 e. The van der Waals surface area contributed by atoms with Crippen molar-refractivity contribution in [2.75, 3.05) is 12.0 Å². The number of benzene rings is 3.